The van der Waals surface area contributed by atoms with Crippen LogP contribution in [-0.2, 0) is 4.74 Å². The van der Waals surface area contributed by atoms with Crippen molar-refractivity contribution >= 4 is 0 Å². The van der Waals surface area contributed by atoms with E-state index >= 15 is 0 Å². The summed E-state index contributed by atoms with van der Waals surface area (Å²) >= 11 is 0. The molecule has 0 unspecified atom stereocenters. The molecule has 0 aliphatic carbocycles. The third-order valence-electron chi connectivity index (χ3n) is 1.42. The van der Waals surface area contributed by atoms with Gasteiger partial charge in [-0.15, -0.1) is 0 Å². The molecule has 0 atom stereocenters. The van der Waals surface area contributed by atoms with E-state index in [9.17, 15) is 0 Å². The second-order valence-corrected chi connectivity index (χ2v) is 2.30. The Labute approximate surface area is 74.6 Å². The Bertz CT molecular complexity index is 171. The molecule has 0 aliphatic heterocycles. The van der Waals surface area contributed by atoms with Crippen molar-refractivity contribution in [1.29, 1.82) is 0 Å². The molecule has 0 spiro atoms. The summed E-state index contributed by atoms with van der Waals surface area (Å²) in [6.45, 7) is 6.34. The van der Waals surface area contributed by atoms with Crippen LogP contribution >= 0.6 is 0 Å². The van der Waals surface area contributed by atoms with Crippen molar-refractivity contribution in [2.45, 2.75) is 13.3 Å². The first kappa shape index (κ1) is 11.0. The van der Waals surface area contributed by atoms with Crippen molar-refractivity contribution in [1.82, 2.24) is 5.32 Å². The Morgan fingerprint density at radius 3 is 2.83 bits per heavy atom. The van der Waals surface area contributed by atoms with Gasteiger partial charge in [0.15, 0.2) is 0 Å². The zero-order chi connectivity index (χ0) is 9.23. The summed E-state index contributed by atoms with van der Waals surface area (Å²) < 4.78 is 4.80. The van der Waals surface area contributed by atoms with Crippen molar-refractivity contribution in [3.63, 3.8) is 0 Å². The number of ether oxygens (including phenoxy) is 1. The van der Waals surface area contributed by atoms with Crippen LogP contribution in [0.2, 0.25) is 0 Å². The van der Waals surface area contributed by atoms with E-state index in [4.69, 9.17) is 4.74 Å². The lowest BCUT2D eigenvalue weighted by atomic mass is 10.2. The van der Waals surface area contributed by atoms with Gasteiger partial charge in [-0.3, -0.25) is 0 Å². The summed E-state index contributed by atoms with van der Waals surface area (Å²) in [5.74, 6) is 0. The normalized spacial score (nSPS) is 12.0. The van der Waals surface area contributed by atoms with Gasteiger partial charge in [0.25, 0.3) is 0 Å². The molecule has 0 heterocycles. The summed E-state index contributed by atoms with van der Waals surface area (Å²) in [6.07, 6.45) is 8.69. The molecule has 2 nitrogen and oxygen atoms in total. The van der Waals surface area contributed by atoms with E-state index in [-0.39, 0.29) is 0 Å². The van der Waals surface area contributed by atoms with Gasteiger partial charge >= 0.3 is 0 Å². The monoisotopic (exact) mass is 167 g/mol. The lowest BCUT2D eigenvalue weighted by molar-refractivity contribution is 0.187. The maximum Gasteiger partial charge on any atom is 0.115 e. The Morgan fingerprint density at radius 2 is 2.33 bits per heavy atom. The van der Waals surface area contributed by atoms with Gasteiger partial charge < -0.3 is 10.1 Å². The van der Waals surface area contributed by atoms with E-state index in [0.29, 0.717) is 6.73 Å². The molecule has 2 heteroatoms. The van der Waals surface area contributed by atoms with Crippen LogP contribution < -0.4 is 5.32 Å². The highest BCUT2D eigenvalue weighted by Gasteiger charge is 1.81. The minimum atomic E-state index is 0.542. The van der Waals surface area contributed by atoms with E-state index in [1.165, 1.54) is 5.57 Å². The van der Waals surface area contributed by atoms with Crippen LogP contribution in [0.4, 0.5) is 0 Å². The fourth-order valence-electron chi connectivity index (χ4n) is 0.701. The smallest absolute Gasteiger partial charge is 0.115 e. The van der Waals surface area contributed by atoms with Crippen molar-refractivity contribution in [3.05, 3.63) is 36.6 Å². The first-order valence-corrected chi connectivity index (χ1v) is 4.05. The largest absolute Gasteiger partial charge is 0.369 e. The SMILES string of the molecule is C=C/C(=C\C=C/NCOC)CC. The molecule has 0 saturated carbocycles. The van der Waals surface area contributed by atoms with Gasteiger partial charge in [-0.1, -0.05) is 25.7 Å². The Hall–Kier alpha value is -1.02. The summed E-state index contributed by atoms with van der Waals surface area (Å²) in [6, 6.07) is 0. The van der Waals surface area contributed by atoms with Crippen molar-refractivity contribution in [3.8, 4) is 0 Å². The van der Waals surface area contributed by atoms with Gasteiger partial charge in [0.2, 0.25) is 0 Å². The van der Waals surface area contributed by atoms with Crippen LogP contribution in [0.1, 0.15) is 13.3 Å². The number of allylic oxidation sites excluding steroid dienone is 4. The lowest BCUT2D eigenvalue weighted by Crippen LogP contribution is -2.07. The minimum Gasteiger partial charge on any atom is -0.369 e. The van der Waals surface area contributed by atoms with Crippen molar-refractivity contribution in [2.75, 3.05) is 13.8 Å². The van der Waals surface area contributed by atoms with Gasteiger partial charge in [-0.05, 0) is 24.3 Å². The number of rotatable bonds is 6. The summed E-state index contributed by atoms with van der Waals surface area (Å²) in [4.78, 5) is 0. The standard InChI is InChI=1S/C10H17NO/c1-4-10(5-2)7-6-8-11-9-12-3/h4,6-8,11H,1,5,9H2,2-3H3/b8-6-,10-7+. The molecule has 12 heavy (non-hydrogen) atoms. The minimum absolute atomic E-state index is 0.542. The fraction of sp³-hybridized carbons (Fsp3) is 0.400. The second kappa shape index (κ2) is 8.08. The Morgan fingerprint density at radius 1 is 1.58 bits per heavy atom. The van der Waals surface area contributed by atoms with E-state index < -0.39 is 0 Å². The van der Waals surface area contributed by atoms with Crippen LogP contribution in [0.5, 0.6) is 0 Å². The predicted octanol–water partition coefficient (Wildman–Crippen LogP) is 2.22. The number of hydrogen-bond acceptors (Lipinski definition) is 2. The van der Waals surface area contributed by atoms with E-state index in [1.54, 1.807) is 7.11 Å². The highest BCUT2D eigenvalue weighted by atomic mass is 16.5. The third kappa shape index (κ3) is 5.74. The molecule has 0 radical (unpaired) electrons. The molecular formula is C10H17NO. The van der Waals surface area contributed by atoms with Gasteiger partial charge in [-0.2, -0.15) is 0 Å². The lowest BCUT2D eigenvalue weighted by Gasteiger charge is -1.95. The zero-order valence-electron chi connectivity index (χ0n) is 7.84. The average Bonchev–Trinajstić information content (AvgIpc) is 2.11. The maximum absolute atomic E-state index is 4.80. The molecule has 1 N–H and O–H groups in total. The highest BCUT2D eigenvalue weighted by molar-refractivity contribution is 5.21. The van der Waals surface area contributed by atoms with Crippen molar-refractivity contribution < 1.29 is 4.74 Å². The van der Waals surface area contributed by atoms with E-state index in [0.717, 1.165) is 6.42 Å². The second-order valence-electron chi connectivity index (χ2n) is 2.30. The Kier molecular flexibility index (Phi) is 7.39. The van der Waals surface area contributed by atoms with Gasteiger partial charge in [0.1, 0.15) is 6.73 Å². The summed E-state index contributed by atoms with van der Waals surface area (Å²) in [5, 5.41) is 2.96. The molecule has 0 bridgehead atoms. The highest BCUT2D eigenvalue weighted by Crippen LogP contribution is 2.00. The van der Waals surface area contributed by atoms with Crippen LogP contribution in [0.25, 0.3) is 0 Å². The molecule has 0 aromatic heterocycles. The molecule has 0 rings (SSSR count). The zero-order valence-corrected chi connectivity index (χ0v) is 7.84. The summed E-state index contributed by atoms with van der Waals surface area (Å²) in [7, 11) is 1.65. The number of hydrogen-bond donors (Lipinski definition) is 1. The van der Waals surface area contributed by atoms with E-state index in [2.05, 4.69) is 18.8 Å². The summed E-state index contributed by atoms with van der Waals surface area (Å²) in [5.41, 5.74) is 1.23. The van der Waals surface area contributed by atoms with Crippen molar-refractivity contribution in [2.24, 2.45) is 0 Å². The topological polar surface area (TPSA) is 21.3 Å². The molecule has 0 saturated heterocycles. The van der Waals surface area contributed by atoms with Crippen LogP contribution in [0.3, 0.4) is 0 Å². The predicted molar refractivity (Wildman–Crippen MR) is 52.7 cm³/mol. The number of nitrogens with one attached hydrogen (secondary N) is 1. The van der Waals surface area contributed by atoms with Gasteiger partial charge in [-0.25, -0.2) is 0 Å². The molecule has 68 valence electrons. The molecule has 0 fully saturated rings. The maximum atomic E-state index is 4.80. The van der Waals surface area contributed by atoms with Crippen LogP contribution in [-0.4, -0.2) is 13.8 Å². The molecule has 0 aromatic rings. The average molecular weight is 167 g/mol. The molecule has 0 aromatic carbocycles. The molecule has 0 aliphatic rings. The van der Waals surface area contributed by atoms with Gasteiger partial charge in [0, 0.05) is 7.11 Å². The molecular weight excluding hydrogens is 150 g/mol. The first-order chi connectivity index (χ1) is 5.85. The van der Waals surface area contributed by atoms with Gasteiger partial charge in [0.05, 0.1) is 0 Å². The first-order valence-electron chi connectivity index (χ1n) is 4.05. The molecule has 0 amide bonds. The fourth-order valence-corrected chi connectivity index (χ4v) is 0.701. The third-order valence-corrected chi connectivity index (χ3v) is 1.42. The number of methoxy groups -OCH3 is 1. The van der Waals surface area contributed by atoms with Crippen LogP contribution in [0, 0.1) is 0 Å². The Balaban J connectivity index is 3.68. The van der Waals surface area contributed by atoms with E-state index in [1.807, 2.05) is 24.4 Å². The van der Waals surface area contributed by atoms with Crippen LogP contribution in [0.15, 0.2) is 36.6 Å². The quantitative estimate of drug-likeness (QED) is 0.372.